The van der Waals surface area contributed by atoms with Gasteiger partial charge in [-0.2, -0.15) is 0 Å². The van der Waals surface area contributed by atoms with Crippen molar-refractivity contribution >= 4 is 0 Å². The molecule has 0 bridgehead atoms. The summed E-state index contributed by atoms with van der Waals surface area (Å²) in [6, 6.07) is 0. The Hall–Kier alpha value is 1.25. The first-order valence-corrected chi connectivity index (χ1v) is 3.86. The fourth-order valence-corrected chi connectivity index (χ4v) is 0.642. The monoisotopic (exact) mass is 724 g/mol. The molecular formula is C6H25Cl3N6O3Pt2. The summed E-state index contributed by atoms with van der Waals surface area (Å²) in [6.07, 6.45) is 4.79. The molecule has 0 spiro atoms. The van der Waals surface area contributed by atoms with Crippen molar-refractivity contribution < 1.29 is 84.4 Å². The Labute approximate surface area is 167 Å². The van der Waals surface area contributed by atoms with Crippen LogP contribution in [0.15, 0.2) is 0 Å². The van der Waals surface area contributed by atoms with E-state index >= 15 is 0 Å². The van der Waals surface area contributed by atoms with E-state index in [4.69, 9.17) is 26.8 Å². The molecule has 0 aromatic rings. The Morgan fingerprint density at radius 1 is 0.700 bits per heavy atom. The van der Waals surface area contributed by atoms with Gasteiger partial charge in [0.2, 0.25) is 0 Å². The maximum atomic E-state index is 8.25. The number of unbranched alkanes of at least 4 members (excludes halogenated alkanes) is 3. The Balaban J connectivity index is -0.00000000964. The van der Waals surface area contributed by atoms with E-state index in [-0.39, 0.29) is 97.8 Å². The van der Waals surface area contributed by atoms with Gasteiger partial charge in [-0.3, -0.25) is 0 Å². The zero-order valence-corrected chi connectivity index (χ0v) is 17.8. The van der Waals surface area contributed by atoms with Crippen LogP contribution in [0, 0.1) is 15.3 Å². The molecule has 14 heteroatoms. The Morgan fingerprint density at radius 2 is 0.850 bits per heavy atom. The molecule has 0 unspecified atom stereocenters. The standard InChI is InChI=1S/C6H16N2.3ClH.NO3.3H3N.2Pt/c7-5-3-1-2-4-6-8;;;;2-1(3)4;;;;;/h1-8H2;3*1H;;3*1H3;;/q;;;;-1;;;;2*+2/p-3. The predicted molar refractivity (Wildman–Crippen MR) is 62.0 cm³/mol. The van der Waals surface area contributed by atoms with E-state index in [0.717, 1.165) is 25.9 Å². The molecule has 0 saturated heterocycles. The van der Waals surface area contributed by atoms with E-state index in [1.165, 1.54) is 12.8 Å². The molecule has 0 aliphatic rings. The Morgan fingerprint density at radius 3 is 0.950 bits per heavy atom. The van der Waals surface area contributed by atoms with Crippen LogP contribution in [0.5, 0.6) is 0 Å². The van der Waals surface area contributed by atoms with E-state index in [1.54, 1.807) is 0 Å². The van der Waals surface area contributed by atoms with Gasteiger partial charge >= 0.3 is 42.1 Å². The van der Waals surface area contributed by atoms with Crippen LogP contribution in [0.1, 0.15) is 25.7 Å². The minimum Gasteiger partial charge on any atom is -1.00 e. The second-order valence-corrected chi connectivity index (χ2v) is 2.22. The third-order valence-corrected chi connectivity index (χ3v) is 1.16. The van der Waals surface area contributed by atoms with Gasteiger partial charge in [0.05, 0.1) is 5.09 Å². The van der Waals surface area contributed by atoms with Crippen molar-refractivity contribution in [3.8, 4) is 0 Å². The summed E-state index contributed by atoms with van der Waals surface area (Å²) in [7, 11) is 0. The molecule has 0 aliphatic heterocycles. The van der Waals surface area contributed by atoms with Crippen molar-refractivity contribution in [2.75, 3.05) is 13.1 Å². The van der Waals surface area contributed by atoms with Crippen molar-refractivity contribution in [3.05, 3.63) is 15.3 Å². The summed E-state index contributed by atoms with van der Waals surface area (Å²) >= 11 is 0. The maximum Gasteiger partial charge on any atom is 2.00 e. The number of hydrogen-bond donors (Lipinski definition) is 5. The summed E-state index contributed by atoms with van der Waals surface area (Å²) in [5.74, 6) is 0. The van der Waals surface area contributed by atoms with Crippen LogP contribution in [-0.4, -0.2) is 18.2 Å². The first kappa shape index (κ1) is 68.9. The zero-order chi connectivity index (χ0) is 9.82. The van der Waals surface area contributed by atoms with Gasteiger partial charge in [0.1, 0.15) is 0 Å². The molecule has 0 radical (unpaired) electrons. The van der Waals surface area contributed by atoms with Crippen LogP contribution in [-0.2, 0) is 42.1 Å². The zero-order valence-electron chi connectivity index (χ0n) is 11.0. The first-order valence-electron chi connectivity index (χ1n) is 3.86. The maximum absolute atomic E-state index is 8.25. The van der Waals surface area contributed by atoms with Crippen molar-refractivity contribution in [1.82, 2.24) is 18.5 Å². The third kappa shape index (κ3) is 164. The van der Waals surface area contributed by atoms with Crippen LogP contribution < -0.4 is 67.1 Å². The molecule has 0 amide bonds. The molecular weight excluding hydrogens is 701 g/mol. The number of halogens is 3. The summed E-state index contributed by atoms with van der Waals surface area (Å²) in [6.45, 7) is 1.65. The van der Waals surface area contributed by atoms with Crippen molar-refractivity contribution in [3.63, 3.8) is 0 Å². The normalized spacial score (nSPS) is 5.10. The van der Waals surface area contributed by atoms with Gasteiger partial charge in [-0.15, -0.1) is 0 Å². The van der Waals surface area contributed by atoms with Crippen LogP contribution in [0.2, 0.25) is 0 Å². The largest absolute Gasteiger partial charge is 2.00 e. The predicted octanol–water partition coefficient (Wildman–Crippen LogP) is -8.28. The second-order valence-electron chi connectivity index (χ2n) is 2.22. The molecule has 0 saturated carbocycles. The van der Waals surface area contributed by atoms with Gasteiger partial charge in [-0.25, -0.2) is 0 Å². The van der Waals surface area contributed by atoms with E-state index < -0.39 is 5.09 Å². The van der Waals surface area contributed by atoms with Crippen LogP contribution in [0.3, 0.4) is 0 Å². The topological polar surface area (TPSA) is 223 Å². The second kappa shape index (κ2) is 71.4. The minimum atomic E-state index is -1.75. The van der Waals surface area contributed by atoms with Gasteiger partial charge in [0.15, 0.2) is 0 Å². The van der Waals surface area contributed by atoms with Crippen LogP contribution in [0.4, 0.5) is 0 Å². The molecule has 0 atom stereocenters. The third-order valence-electron chi connectivity index (χ3n) is 1.16. The van der Waals surface area contributed by atoms with E-state index in [2.05, 4.69) is 0 Å². The van der Waals surface area contributed by atoms with Gasteiger partial charge < -0.3 is 82.5 Å². The molecule has 0 rings (SSSR count). The Bertz CT molecular complexity index is 116. The molecule has 0 aliphatic carbocycles. The van der Waals surface area contributed by atoms with Crippen molar-refractivity contribution in [2.45, 2.75) is 25.7 Å². The van der Waals surface area contributed by atoms with Gasteiger partial charge in [0, 0.05) is 0 Å². The van der Waals surface area contributed by atoms with E-state index in [9.17, 15) is 0 Å². The summed E-state index contributed by atoms with van der Waals surface area (Å²) in [5.41, 5.74) is 10.6. The van der Waals surface area contributed by atoms with Crippen molar-refractivity contribution in [1.29, 1.82) is 0 Å². The number of hydrogen-bond acceptors (Lipinski definition) is 8. The summed E-state index contributed by atoms with van der Waals surface area (Å²) < 4.78 is 0. The van der Waals surface area contributed by atoms with Gasteiger partial charge in [0.25, 0.3) is 0 Å². The summed E-state index contributed by atoms with van der Waals surface area (Å²) in [4.78, 5) is 8.25. The average molecular weight is 726 g/mol. The molecule has 0 fully saturated rings. The van der Waals surface area contributed by atoms with Crippen LogP contribution in [0.25, 0.3) is 0 Å². The molecule has 9 nitrogen and oxygen atoms in total. The number of rotatable bonds is 5. The molecule has 13 N–H and O–H groups in total. The molecule has 0 aromatic carbocycles. The van der Waals surface area contributed by atoms with Gasteiger partial charge in [-0.05, 0) is 25.9 Å². The van der Waals surface area contributed by atoms with Crippen molar-refractivity contribution in [2.24, 2.45) is 11.5 Å². The fraction of sp³-hybridized carbons (Fsp3) is 1.00. The fourth-order valence-electron chi connectivity index (χ4n) is 0.642. The number of nitrogens with two attached hydrogens (primary N) is 2. The SMILES string of the molecule is N.N.N.NCCCCCCN.O=[N+]([O-])[O-].[Cl-].[Cl-].[Cl-].[Pt+2].[Pt+2]. The molecule has 20 heavy (non-hydrogen) atoms. The first-order chi connectivity index (χ1) is 5.65. The molecule has 0 heterocycles. The van der Waals surface area contributed by atoms with Crippen LogP contribution >= 0.6 is 0 Å². The summed E-state index contributed by atoms with van der Waals surface area (Å²) in [5, 5.41) is 14.8. The quantitative estimate of drug-likeness (QED) is 0.104. The van der Waals surface area contributed by atoms with Gasteiger partial charge in [-0.1, -0.05) is 12.8 Å². The smallest absolute Gasteiger partial charge is 1.00 e. The number of nitrogens with zero attached hydrogens (tertiary/aromatic N) is 1. The molecule has 138 valence electrons. The van der Waals surface area contributed by atoms with E-state index in [1.807, 2.05) is 0 Å². The molecule has 0 aromatic heterocycles. The average Bonchev–Trinajstić information content (AvgIpc) is 1.97. The minimum absolute atomic E-state index is 0. The van der Waals surface area contributed by atoms with E-state index in [0.29, 0.717) is 0 Å². The Kier molecular flexibility index (Phi) is 246.